The number of benzene rings is 1. The van der Waals surface area contributed by atoms with Gasteiger partial charge in [0.1, 0.15) is 11.6 Å². The molecule has 21 heavy (non-hydrogen) atoms. The van der Waals surface area contributed by atoms with Crippen molar-refractivity contribution in [3.05, 3.63) is 33.8 Å². The Morgan fingerprint density at radius 2 is 2.14 bits per heavy atom. The van der Waals surface area contributed by atoms with Crippen LogP contribution >= 0.6 is 15.9 Å². The molecule has 118 valence electrons. The number of hydrogen-bond donors (Lipinski definition) is 1. The van der Waals surface area contributed by atoms with Crippen LogP contribution in [-0.4, -0.2) is 19.3 Å². The van der Waals surface area contributed by atoms with Gasteiger partial charge in [0.15, 0.2) is 0 Å². The number of hydrogen-bond acceptors (Lipinski definition) is 2. The van der Waals surface area contributed by atoms with Crippen LogP contribution in [0.2, 0.25) is 0 Å². The molecule has 0 bridgehead atoms. The summed E-state index contributed by atoms with van der Waals surface area (Å²) in [5.41, 5.74) is 0.131. The minimum atomic E-state index is -0.509. The molecular formula is C16H22BrF2NO. The van der Waals surface area contributed by atoms with Gasteiger partial charge in [-0.15, -0.1) is 0 Å². The standard InChI is InChI=1S/C16H22BrF2NO/c1-3-8-20-16(10-7-9-21-13(10)4-2)14-12(18)6-5-11(17)15(14)19/h5-6,10,13,16,20H,3-4,7-9H2,1-2H3. The summed E-state index contributed by atoms with van der Waals surface area (Å²) >= 11 is 3.16. The lowest BCUT2D eigenvalue weighted by Gasteiger charge is -2.29. The number of halogens is 3. The van der Waals surface area contributed by atoms with E-state index in [1.54, 1.807) is 0 Å². The van der Waals surface area contributed by atoms with Crippen LogP contribution in [0.15, 0.2) is 16.6 Å². The van der Waals surface area contributed by atoms with Crippen LogP contribution in [0.25, 0.3) is 0 Å². The van der Waals surface area contributed by atoms with Crippen molar-refractivity contribution in [1.82, 2.24) is 5.32 Å². The van der Waals surface area contributed by atoms with Gasteiger partial charge in [-0.1, -0.05) is 13.8 Å². The molecule has 1 heterocycles. The van der Waals surface area contributed by atoms with Crippen molar-refractivity contribution in [1.29, 1.82) is 0 Å². The molecule has 0 aromatic heterocycles. The molecule has 2 rings (SSSR count). The first-order valence-electron chi connectivity index (χ1n) is 7.58. The minimum Gasteiger partial charge on any atom is -0.378 e. The molecule has 1 aromatic rings. The highest BCUT2D eigenvalue weighted by Gasteiger charge is 2.37. The molecule has 1 aliphatic rings. The van der Waals surface area contributed by atoms with Crippen LogP contribution in [0.3, 0.4) is 0 Å². The third-order valence-corrected chi connectivity index (χ3v) is 4.71. The Bertz CT molecular complexity index is 484. The number of rotatable bonds is 6. The topological polar surface area (TPSA) is 21.3 Å². The van der Waals surface area contributed by atoms with Gasteiger partial charge in [0.2, 0.25) is 0 Å². The first-order chi connectivity index (χ1) is 10.1. The first-order valence-corrected chi connectivity index (χ1v) is 8.37. The number of ether oxygens (including phenoxy) is 1. The normalized spacial score (nSPS) is 23.5. The van der Waals surface area contributed by atoms with E-state index in [0.717, 1.165) is 25.8 Å². The Labute approximate surface area is 133 Å². The van der Waals surface area contributed by atoms with Gasteiger partial charge in [0.25, 0.3) is 0 Å². The Morgan fingerprint density at radius 1 is 1.38 bits per heavy atom. The van der Waals surface area contributed by atoms with Gasteiger partial charge in [-0.05, 0) is 53.9 Å². The fourth-order valence-corrected chi connectivity index (χ4v) is 3.41. The van der Waals surface area contributed by atoms with Crippen molar-refractivity contribution in [3.63, 3.8) is 0 Å². The number of nitrogens with one attached hydrogen (secondary N) is 1. The van der Waals surface area contributed by atoms with Crippen LogP contribution in [0.4, 0.5) is 8.78 Å². The van der Waals surface area contributed by atoms with Crippen molar-refractivity contribution in [2.45, 2.75) is 45.3 Å². The highest BCUT2D eigenvalue weighted by atomic mass is 79.9. The monoisotopic (exact) mass is 361 g/mol. The van der Waals surface area contributed by atoms with Gasteiger partial charge in [-0.25, -0.2) is 8.78 Å². The van der Waals surface area contributed by atoms with Crippen molar-refractivity contribution < 1.29 is 13.5 Å². The quantitative estimate of drug-likeness (QED) is 0.748. The predicted octanol–water partition coefficient (Wildman–Crippen LogP) is 4.58. The zero-order chi connectivity index (χ0) is 15.4. The largest absolute Gasteiger partial charge is 0.378 e. The van der Waals surface area contributed by atoms with Crippen molar-refractivity contribution in [2.75, 3.05) is 13.2 Å². The molecule has 1 saturated heterocycles. The molecular weight excluding hydrogens is 340 g/mol. The van der Waals surface area contributed by atoms with Crippen LogP contribution in [-0.2, 0) is 4.74 Å². The van der Waals surface area contributed by atoms with E-state index in [4.69, 9.17) is 4.74 Å². The second-order valence-electron chi connectivity index (χ2n) is 5.46. The summed E-state index contributed by atoms with van der Waals surface area (Å²) in [6.07, 6.45) is 2.65. The molecule has 5 heteroatoms. The van der Waals surface area contributed by atoms with E-state index in [9.17, 15) is 8.78 Å². The Morgan fingerprint density at radius 3 is 2.81 bits per heavy atom. The highest BCUT2D eigenvalue weighted by molar-refractivity contribution is 9.10. The average Bonchev–Trinajstić information content (AvgIpc) is 2.95. The lowest BCUT2D eigenvalue weighted by molar-refractivity contribution is 0.0765. The summed E-state index contributed by atoms with van der Waals surface area (Å²) in [7, 11) is 0. The van der Waals surface area contributed by atoms with E-state index >= 15 is 0 Å². The van der Waals surface area contributed by atoms with E-state index < -0.39 is 11.6 Å². The summed E-state index contributed by atoms with van der Waals surface area (Å²) < 4.78 is 34.7. The van der Waals surface area contributed by atoms with Gasteiger partial charge in [0.05, 0.1) is 10.6 Å². The minimum absolute atomic E-state index is 0.0529. The maximum Gasteiger partial charge on any atom is 0.145 e. The van der Waals surface area contributed by atoms with E-state index in [2.05, 4.69) is 21.2 Å². The average molecular weight is 362 g/mol. The molecule has 0 saturated carbocycles. The van der Waals surface area contributed by atoms with Crippen molar-refractivity contribution in [2.24, 2.45) is 5.92 Å². The molecule has 1 N–H and O–H groups in total. The summed E-state index contributed by atoms with van der Waals surface area (Å²) in [5.74, 6) is -0.906. The third-order valence-electron chi connectivity index (χ3n) is 4.10. The highest BCUT2D eigenvalue weighted by Crippen LogP contribution is 2.38. The van der Waals surface area contributed by atoms with Gasteiger partial charge in [0, 0.05) is 24.1 Å². The molecule has 2 nitrogen and oxygen atoms in total. The summed E-state index contributed by atoms with van der Waals surface area (Å²) in [4.78, 5) is 0. The van der Waals surface area contributed by atoms with E-state index in [-0.39, 0.29) is 23.6 Å². The van der Waals surface area contributed by atoms with Crippen molar-refractivity contribution >= 4 is 15.9 Å². The molecule has 1 aliphatic heterocycles. The molecule has 3 unspecified atom stereocenters. The fourth-order valence-electron chi connectivity index (χ4n) is 3.06. The van der Waals surface area contributed by atoms with E-state index in [1.807, 2.05) is 13.8 Å². The second kappa shape index (κ2) is 7.65. The second-order valence-corrected chi connectivity index (χ2v) is 6.31. The lowest BCUT2D eigenvalue weighted by atomic mass is 9.86. The van der Waals surface area contributed by atoms with Crippen LogP contribution in [0.1, 0.15) is 44.7 Å². The maximum absolute atomic E-state index is 14.5. The SMILES string of the molecule is CCCNC(c1c(F)ccc(Br)c1F)C1CCOC1CC. The molecule has 1 aromatic carbocycles. The zero-order valence-electron chi connectivity index (χ0n) is 12.5. The Hall–Kier alpha value is -0.520. The van der Waals surface area contributed by atoms with Crippen LogP contribution in [0.5, 0.6) is 0 Å². The van der Waals surface area contributed by atoms with Crippen LogP contribution < -0.4 is 5.32 Å². The fraction of sp³-hybridized carbons (Fsp3) is 0.625. The van der Waals surface area contributed by atoms with Crippen molar-refractivity contribution in [3.8, 4) is 0 Å². The van der Waals surface area contributed by atoms with Gasteiger partial charge in [-0.2, -0.15) is 0 Å². The molecule has 0 radical (unpaired) electrons. The van der Waals surface area contributed by atoms with E-state index in [1.165, 1.54) is 12.1 Å². The Balaban J connectivity index is 2.38. The Kier molecular flexibility index (Phi) is 6.14. The first kappa shape index (κ1) is 16.8. The summed E-state index contributed by atoms with van der Waals surface area (Å²) in [5, 5.41) is 3.32. The molecule has 0 spiro atoms. The zero-order valence-corrected chi connectivity index (χ0v) is 14.1. The molecule has 0 amide bonds. The van der Waals surface area contributed by atoms with Gasteiger partial charge in [-0.3, -0.25) is 0 Å². The van der Waals surface area contributed by atoms with E-state index in [0.29, 0.717) is 11.1 Å². The smallest absolute Gasteiger partial charge is 0.145 e. The predicted molar refractivity (Wildman–Crippen MR) is 83.2 cm³/mol. The maximum atomic E-state index is 14.5. The van der Waals surface area contributed by atoms with Crippen LogP contribution in [0, 0.1) is 17.6 Å². The lowest BCUT2D eigenvalue weighted by Crippen LogP contribution is -2.34. The molecule has 0 aliphatic carbocycles. The summed E-state index contributed by atoms with van der Waals surface area (Å²) in [6.45, 7) is 5.47. The molecule has 3 atom stereocenters. The van der Waals surface area contributed by atoms with Gasteiger partial charge >= 0.3 is 0 Å². The molecule has 1 fully saturated rings. The summed E-state index contributed by atoms with van der Waals surface area (Å²) in [6, 6.07) is 2.38. The third kappa shape index (κ3) is 3.63. The van der Waals surface area contributed by atoms with Gasteiger partial charge < -0.3 is 10.1 Å².